The number of ether oxygens (including phenoxy) is 5. The Labute approximate surface area is 497 Å². The van der Waals surface area contributed by atoms with Crippen LogP contribution in [0.2, 0.25) is 0 Å². The molecule has 478 valence electrons. The number of hydrogen-bond acceptors (Lipinski definition) is 11. The van der Waals surface area contributed by atoms with E-state index in [0.29, 0.717) is 19.3 Å². The van der Waals surface area contributed by atoms with Crippen LogP contribution in [-0.4, -0.2) is 89.2 Å². The first-order chi connectivity index (χ1) is 39.6. The molecule has 0 radical (unpaired) electrons. The van der Waals surface area contributed by atoms with Crippen LogP contribution in [0.15, 0.2) is 0 Å². The number of rotatable bonds is 62. The van der Waals surface area contributed by atoms with Crippen LogP contribution in [0.1, 0.15) is 367 Å². The molecule has 1 aliphatic rings. The molecule has 6 atom stereocenters. The largest absolute Gasteiger partial charge is 0.479 e. The molecular formula is C69H130O12. The smallest absolute Gasteiger partial charge is 0.335 e. The minimum absolute atomic E-state index is 0.0714. The summed E-state index contributed by atoms with van der Waals surface area (Å²) in [5, 5.41) is 31.6. The summed E-state index contributed by atoms with van der Waals surface area (Å²) in [4.78, 5) is 51.4. The van der Waals surface area contributed by atoms with Crippen molar-refractivity contribution in [2.24, 2.45) is 0 Å². The first kappa shape index (κ1) is 76.7. The van der Waals surface area contributed by atoms with Crippen molar-refractivity contribution < 1.29 is 58.2 Å². The van der Waals surface area contributed by atoms with Gasteiger partial charge in [-0.15, -0.1) is 0 Å². The van der Waals surface area contributed by atoms with Crippen molar-refractivity contribution in [3.63, 3.8) is 0 Å². The van der Waals surface area contributed by atoms with Crippen LogP contribution < -0.4 is 0 Å². The third-order valence-corrected chi connectivity index (χ3v) is 16.7. The first-order valence-corrected chi connectivity index (χ1v) is 35.0. The Kier molecular flexibility index (Phi) is 55.1. The van der Waals surface area contributed by atoms with E-state index in [-0.39, 0.29) is 25.9 Å². The van der Waals surface area contributed by atoms with Gasteiger partial charge in [0.1, 0.15) is 18.8 Å². The third-order valence-electron chi connectivity index (χ3n) is 16.7. The van der Waals surface area contributed by atoms with E-state index in [1.54, 1.807) is 0 Å². The minimum Gasteiger partial charge on any atom is -0.479 e. The Bertz CT molecular complexity index is 1410. The van der Waals surface area contributed by atoms with Crippen molar-refractivity contribution in [1.82, 2.24) is 0 Å². The number of aliphatic carboxylic acids is 1. The molecule has 81 heavy (non-hydrogen) atoms. The van der Waals surface area contributed by atoms with Crippen LogP contribution in [-0.2, 0) is 42.9 Å². The summed E-state index contributed by atoms with van der Waals surface area (Å²) < 4.78 is 28.6. The molecule has 0 spiro atoms. The lowest BCUT2D eigenvalue weighted by Gasteiger charge is -2.40. The molecule has 1 fully saturated rings. The lowest BCUT2D eigenvalue weighted by atomic mass is 9.98. The number of aliphatic hydroxyl groups excluding tert-OH is 2. The molecule has 12 nitrogen and oxygen atoms in total. The van der Waals surface area contributed by atoms with E-state index in [2.05, 4.69) is 20.8 Å². The topological polar surface area (TPSA) is 175 Å². The molecule has 1 saturated heterocycles. The number of aliphatic hydroxyl groups is 2. The highest BCUT2D eigenvalue weighted by atomic mass is 16.7. The summed E-state index contributed by atoms with van der Waals surface area (Å²) >= 11 is 0. The Hall–Kier alpha value is -2.28. The van der Waals surface area contributed by atoms with Gasteiger partial charge < -0.3 is 39.0 Å². The Morgan fingerprint density at radius 2 is 0.630 bits per heavy atom. The Morgan fingerprint density at radius 1 is 0.358 bits per heavy atom. The van der Waals surface area contributed by atoms with Gasteiger partial charge in [0, 0.05) is 19.3 Å². The molecule has 3 N–H and O–H groups in total. The van der Waals surface area contributed by atoms with Gasteiger partial charge in [-0.25, -0.2) is 4.79 Å². The summed E-state index contributed by atoms with van der Waals surface area (Å²) in [6.45, 7) is 6.09. The van der Waals surface area contributed by atoms with E-state index in [1.165, 1.54) is 250 Å². The van der Waals surface area contributed by atoms with E-state index in [1.807, 2.05) is 0 Å². The van der Waals surface area contributed by atoms with Crippen molar-refractivity contribution in [3.05, 3.63) is 0 Å². The predicted molar refractivity (Wildman–Crippen MR) is 331 cm³/mol. The number of unbranched alkanes of at least 4 members (excludes halogenated alkanes) is 48. The third kappa shape index (κ3) is 47.6. The number of carbonyl (C=O) groups excluding carboxylic acids is 3. The van der Waals surface area contributed by atoms with E-state index >= 15 is 0 Å². The molecule has 0 aromatic rings. The van der Waals surface area contributed by atoms with Crippen molar-refractivity contribution in [1.29, 1.82) is 0 Å². The molecule has 0 saturated carbocycles. The van der Waals surface area contributed by atoms with E-state index in [0.717, 1.165) is 57.8 Å². The Balaban J connectivity index is 2.59. The van der Waals surface area contributed by atoms with E-state index in [9.17, 15) is 34.5 Å². The maximum absolute atomic E-state index is 13.2. The van der Waals surface area contributed by atoms with Crippen molar-refractivity contribution in [2.75, 3.05) is 13.2 Å². The maximum atomic E-state index is 13.2. The highest BCUT2D eigenvalue weighted by Gasteiger charge is 2.50. The van der Waals surface area contributed by atoms with Crippen LogP contribution in [0, 0.1) is 0 Å². The molecule has 0 aliphatic carbocycles. The van der Waals surface area contributed by atoms with Gasteiger partial charge >= 0.3 is 23.9 Å². The van der Waals surface area contributed by atoms with Gasteiger partial charge in [-0.1, -0.05) is 329 Å². The van der Waals surface area contributed by atoms with Gasteiger partial charge in [0.25, 0.3) is 0 Å². The SMILES string of the molecule is CCCCCCCCCCCCCCCCCCCCCC(=O)OCC(COC1OC(C(=O)O)C(O)C(O)C1OC(=O)CCCCCCCCCCCCCCCCCCC)OC(=O)CCCCCCCCCCCCCCCCC. The van der Waals surface area contributed by atoms with Crippen LogP contribution in [0.5, 0.6) is 0 Å². The van der Waals surface area contributed by atoms with E-state index < -0.39 is 67.3 Å². The summed E-state index contributed by atoms with van der Waals surface area (Å²) in [6.07, 6.45) is 53.4. The molecule has 0 aromatic carbocycles. The molecule has 1 heterocycles. The van der Waals surface area contributed by atoms with Gasteiger partial charge in [-0.05, 0) is 19.3 Å². The maximum Gasteiger partial charge on any atom is 0.335 e. The molecular weight excluding hydrogens is 1020 g/mol. The molecule has 1 rings (SSSR count). The second-order valence-electron chi connectivity index (χ2n) is 24.5. The van der Waals surface area contributed by atoms with Gasteiger partial charge in [-0.2, -0.15) is 0 Å². The highest BCUT2D eigenvalue weighted by molar-refractivity contribution is 5.74. The van der Waals surface area contributed by atoms with Gasteiger partial charge in [0.05, 0.1) is 6.61 Å². The normalized spacial score (nSPS) is 17.6. The molecule has 0 bridgehead atoms. The fraction of sp³-hybridized carbons (Fsp3) is 0.942. The average molecular weight is 1150 g/mol. The fourth-order valence-electron chi connectivity index (χ4n) is 11.3. The van der Waals surface area contributed by atoms with Crippen molar-refractivity contribution in [2.45, 2.75) is 404 Å². The summed E-state index contributed by atoms with van der Waals surface area (Å²) in [5.41, 5.74) is 0. The highest BCUT2D eigenvalue weighted by Crippen LogP contribution is 2.27. The van der Waals surface area contributed by atoms with Crippen molar-refractivity contribution in [3.8, 4) is 0 Å². The number of carbonyl (C=O) groups is 4. The zero-order valence-corrected chi connectivity index (χ0v) is 53.1. The molecule has 6 unspecified atom stereocenters. The molecule has 1 aliphatic heterocycles. The lowest BCUT2D eigenvalue weighted by molar-refractivity contribution is -0.301. The van der Waals surface area contributed by atoms with Gasteiger partial charge in [-0.3, -0.25) is 14.4 Å². The van der Waals surface area contributed by atoms with Crippen LogP contribution in [0.25, 0.3) is 0 Å². The molecule has 0 aromatic heterocycles. The zero-order valence-electron chi connectivity index (χ0n) is 53.1. The van der Waals surface area contributed by atoms with Gasteiger partial charge in [0.2, 0.25) is 0 Å². The van der Waals surface area contributed by atoms with Crippen LogP contribution >= 0.6 is 0 Å². The molecule has 0 amide bonds. The minimum atomic E-state index is -1.89. The Morgan fingerprint density at radius 3 is 0.926 bits per heavy atom. The first-order valence-electron chi connectivity index (χ1n) is 35.0. The predicted octanol–water partition coefficient (Wildman–Crippen LogP) is 19.0. The summed E-state index contributed by atoms with van der Waals surface area (Å²) in [5.74, 6) is -3.05. The van der Waals surface area contributed by atoms with Crippen molar-refractivity contribution >= 4 is 23.9 Å². The number of esters is 3. The standard InChI is InChI=1S/C69H130O12/c1-4-7-10-13-16-19-22-25-28-30-31-33-35-37-40-43-46-49-52-55-61(70)77-58-60(79-62(71)56-53-50-47-44-41-38-34-27-24-21-18-15-12-9-6-3)59-78-69-67(65(74)64(73)66(81-69)68(75)76)80-63(72)57-54-51-48-45-42-39-36-32-29-26-23-20-17-14-11-8-5-2/h60,64-67,69,73-74H,4-59H2,1-3H3,(H,75,76). The quantitative estimate of drug-likeness (QED) is 0.0299. The lowest BCUT2D eigenvalue weighted by Crippen LogP contribution is -2.61. The number of hydrogen-bond donors (Lipinski definition) is 3. The van der Waals surface area contributed by atoms with E-state index in [4.69, 9.17) is 23.7 Å². The summed E-state index contributed by atoms with van der Waals surface area (Å²) in [7, 11) is 0. The van der Waals surface area contributed by atoms with Crippen LogP contribution in [0.4, 0.5) is 0 Å². The number of carboxylic acids is 1. The van der Waals surface area contributed by atoms with Gasteiger partial charge in [0.15, 0.2) is 24.6 Å². The summed E-state index contributed by atoms with van der Waals surface area (Å²) in [6, 6.07) is 0. The van der Waals surface area contributed by atoms with Crippen LogP contribution in [0.3, 0.4) is 0 Å². The monoisotopic (exact) mass is 1150 g/mol. The fourth-order valence-corrected chi connectivity index (χ4v) is 11.3. The second-order valence-corrected chi connectivity index (χ2v) is 24.5. The molecule has 12 heteroatoms. The average Bonchev–Trinajstić information content (AvgIpc) is 3.53. The second kappa shape index (κ2) is 58.1. The zero-order chi connectivity index (χ0) is 58.9. The number of carboxylic acid groups (broad SMARTS) is 1.